The third-order valence-corrected chi connectivity index (χ3v) is 7.37. The van der Waals surface area contributed by atoms with Crippen LogP contribution in [0.1, 0.15) is 49.3 Å². The maximum atomic E-state index is 14.7. The zero-order chi connectivity index (χ0) is 21.8. The quantitative estimate of drug-likeness (QED) is 0.783. The number of nitrogens with two attached hydrogens (primary N) is 1. The molecule has 5 rings (SSSR count). The van der Waals surface area contributed by atoms with Crippen LogP contribution >= 0.6 is 0 Å². The number of benzene rings is 2. The standard InChI is InChI=1S/C25H25FN4O/c1-15-23(28)30-25(29-15)21-12-17(20-11-16(14-27)3-6-22(20)26)4-5-18(21)13-24(25)9-7-19(31-2)8-10-24/h3-6,11-12,19H,7-10,13H2,1-2H3,(H2,28,30)/t19-,24-,25?. The van der Waals surface area contributed by atoms with Gasteiger partial charge in [-0.05, 0) is 74.4 Å². The van der Waals surface area contributed by atoms with E-state index in [1.54, 1.807) is 13.2 Å². The Labute approximate surface area is 181 Å². The lowest BCUT2D eigenvalue weighted by atomic mass is 9.65. The van der Waals surface area contributed by atoms with Crippen LogP contribution in [0.5, 0.6) is 0 Å². The van der Waals surface area contributed by atoms with Gasteiger partial charge in [0, 0.05) is 23.7 Å². The Hall–Kier alpha value is -3.04. The molecule has 0 amide bonds. The van der Waals surface area contributed by atoms with Gasteiger partial charge in [0.05, 0.1) is 23.4 Å². The van der Waals surface area contributed by atoms with Crippen molar-refractivity contribution >= 4 is 11.5 Å². The molecule has 0 saturated heterocycles. The highest BCUT2D eigenvalue weighted by Crippen LogP contribution is 2.62. The monoisotopic (exact) mass is 416 g/mol. The summed E-state index contributed by atoms with van der Waals surface area (Å²) in [7, 11) is 1.77. The number of ether oxygens (including phenoxy) is 1. The summed E-state index contributed by atoms with van der Waals surface area (Å²) in [5.41, 5.74) is 9.83. The van der Waals surface area contributed by atoms with Crippen LogP contribution in [0.25, 0.3) is 11.1 Å². The Morgan fingerprint density at radius 3 is 2.58 bits per heavy atom. The number of nitrogens with zero attached hydrogens (tertiary/aromatic N) is 3. The van der Waals surface area contributed by atoms with E-state index in [-0.39, 0.29) is 17.3 Å². The lowest BCUT2D eigenvalue weighted by Gasteiger charge is -2.44. The average Bonchev–Trinajstić information content (AvgIpc) is 3.22. The van der Waals surface area contributed by atoms with Gasteiger partial charge in [-0.25, -0.2) is 9.38 Å². The Balaban J connectivity index is 1.66. The first-order chi connectivity index (χ1) is 14.9. The van der Waals surface area contributed by atoms with E-state index in [1.807, 2.05) is 19.1 Å². The summed E-state index contributed by atoms with van der Waals surface area (Å²) in [4.78, 5) is 10.0. The highest BCUT2D eigenvalue weighted by atomic mass is 19.1. The molecular weight excluding hydrogens is 391 g/mol. The van der Waals surface area contributed by atoms with E-state index in [1.165, 1.54) is 17.7 Å². The van der Waals surface area contributed by atoms with Crippen molar-refractivity contribution < 1.29 is 9.13 Å². The lowest BCUT2D eigenvalue weighted by Crippen LogP contribution is -2.43. The van der Waals surface area contributed by atoms with Crippen LogP contribution in [-0.2, 0) is 16.8 Å². The molecule has 0 radical (unpaired) electrons. The molecule has 2 aliphatic carbocycles. The molecule has 2 aromatic carbocycles. The van der Waals surface area contributed by atoms with Gasteiger partial charge in [-0.1, -0.05) is 12.1 Å². The van der Waals surface area contributed by atoms with E-state index in [0.717, 1.165) is 48.9 Å². The fraction of sp³-hybridized carbons (Fsp3) is 0.400. The minimum Gasteiger partial charge on any atom is -0.382 e. The van der Waals surface area contributed by atoms with Gasteiger partial charge in [-0.3, -0.25) is 4.99 Å². The number of nitriles is 1. The van der Waals surface area contributed by atoms with Gasteiger partial charge in [0.15, 0.2) is 5.66 Å². The average molecular weight is 417 g/mol. The SMILES string of the molecule is CO[C@H]1CC[C@]2(CC1)Cc1ccc(-c3cc(C#N)ccc3F)cc1C21N=C(C)C(N)=N1. The molecule has 1 saturated carbocycles. The molecule has 31 heavy (non-hydrogen) atoms. The van der Waals surface area contributed by atoms with Gasteiger partial charge in [0.2, 0.25) is 0 Å². The number of rotatable bonds is 2. The summed E-state index contributed by atoms with van der Waals surface area (Å²) in [6.07, 6.45) is 4.94. The second-order valence-corrected chi connectivity index (χ2v) is 8.94. The van der Waals surface area contributed by atoms with Gasteiger partial charge in [-0.2, -0.15) is 5.26 Å². The van der Waals surface area contributed by atoms with Crippen molar-refractivity contribution in [3.8, 4) is 17.2 Å². The molecule has 2 spiro atoms. The summed E-state index contributed by atoms with van der Waals surface area (Å²) < 4.78 is 20.3. The minimum absolute atomic E-state index is 0.154. The second-order valence-electron chi connectivity index (χ2n) is 8.94. The Bertz CT molecular complexity index is 1150. The number of methoxy groups -OCH3 is 1. The number of fused-ring (bicyclic) bond motifs is 3. The molecule has 1 heterocycles. The molecule has 0 aromatic heterocycles. The molecule has 2 N–H and O–H groups in total. The summed E-state index contributed by atoms with van der Waals surface area (Å²) in [6.45, 7) is 1.90. The number of aliphatic imine (C=N–C) groups is 2. The molecule has 1 aliphatic heterocycles. The molecular formula is C25H25FN4O. The van der Waals surface area contributed by atoms with Crippen molar-refractivity contribution in [2.24, 2.45) is 21.1 Å². The molecule has 1 atom stereocenters. The maximum absolute atomic E-state index is 14.7. The zero-order valence-corrected chi connectivity index (χ0v) is 17.8. The van der Waals surface area contributed by atoms with Crippen LogP contribution in [-0.4, -0.2) is 24.8 Å². The van der Waals surface area contributed by atoms with Crippen molar-refractivity contribution in [2.45, 2.75) is 50.8 Å². The van der Waals surface area contributed by atoms with Crippen molar-refractivity contribution in [2.75, 3.05) is 7.11 Å². The van der Waals surface area contributed by atoms with Crippen molar-refractivity contribution in [3.05, 3.63) is 58.9 Å². The molecule has 158 valence electrons. The maximum Gasteiger partial charge on any atom is 0.184 e. The first-order valence-corrected chi connectivity index (χ1v) is 10.7. The topological polar surface area (TPSA) is 83.8 Å². The lowest BCUT2D eigenvalue weighted by molar-refractivity contribution is -0.000372. The van der Waals surface area contributed by atoms with E-state index < -0.39 is 5.66 Å². The summed E-state index contributed by atoms with van der Waals surface area (Å²) in [5, 5.41) is 9.26. The number of hydrogen-bond donors (Lipinski definition) is 1. The molecule has 3 aliphatic rings. The van der Waals surface area contributed by atoms with Crippen LogP contribution in [0.4, 0.5) is 4.39 Å². The summed E-state index contributed by atoms with van der Waals surface area (Å²) in [6, 6.07) is 12.5. The largest absolute Gasteiger partial charge is 0.382 e. The highest BCUT2D eigenvalue weighted by Gasteiger charge is 2.60. The predicted molar refractivity (Wildman–Crippen MR) is 118 cm³/mol. The minimum atomic E-state index is -0.769. The smallest absolute Gasteiger partial charge is 0.184 e. The fourth-order valence-corrected chi connectivity index (χ4v) is 5.66. The van der Waals surface area contributed by atoms with Gasteiger partial charge >= 0.3 is 0 Å². The molecule has 0 bridgehead atoms. The van der Waals surface area contributed by atoms with Crippen LogP contribution in [0.3, 0.4) is 0 Å². The van der Waals surface area contributed by atoms with Crippen LogP contribution in [0, 0.1) is 22.6 Å². The third-order valence-electron chi connectivity index (χ3n) is 7.37. The fourth-order valence-electron chi connectivity index (χ4n) is 5.66. The molecule has 6 heteroatoms. The molecule has 2 aromatic rings. The van der Waals surface area contributed by atoms with Crippen molar-refractivity contribution in [1.29, 1.82) is 5.26 Å². The Morgan fingerprint density at radius 2 is 1.94 bits per heavy atom. The number of hydrogen-bond acceptors (Lipinski definition) is 5. The third kappa shape index (κ3) is 2.84. The van der Waals surface area contributed by atoms with Crippen molar-refractivity contribution in [3.63, 3.8) is 0 Å². The van der Waals surface area contributed by atoms with Crippen LogP contribution in [0.15, 0.2) is 46.4 Å². The highest BCUT2D eigenvalue weighted by molar-refractivity contribution is 6.41. The van der Waals surface area contributed by atoms with Gasteiger partial charge in [0.1, 0.15) is 11.7 Å². The van der Waals surface area contributed by atoms with Gasteiger partial charge in [-0.15, -0.1) is 0 Å². The van der Waals surface area contributed by atoms with Crippen LogP contribution < -0.4 is 5.73 Å². The van der Waals surface area contributed by atoms with E-state index >= 15 is 0 Å². The number of amidine groups is 1. The molecule has 5 nitrogen and oxygen atoms in total. The predicted octanol–water partition coefficient (Wildman–Crippen LogP) is 4.48. The van der Waals surface area contributed by atoms with Crippen molar-refractivity contribution in [1.82, 2.24) is 0 Å². The van der Waals surface area contributed by atoms with E-state index in [4.69, 9.17) is 20.5 Å². The summed E-state index contributed by atoms with van der Waals surface area (Å²) in [5.74, 6) is 0.125. The normalized spacial score (nSPS) is 29.0. The Morgan fingerprint density at radius 1 is 1.16 bits per heavy atom. The van der Waals surface area contributed by atoms with E-state index in [9.17, 15) is 9.65 Å². The first kappa shape index (κ1) is 19.9. The van der Waals surface area contributed by atoms with Crippen LogP contribution in [0.2, 0.25) is 0 Å². The Kier molecular flexibility index (Phi) is 4.49. The van der Waals surface area contributed by atoms with Gasteiger partial charge < -0.3 is 10.5 Å². The number of halogens is 1. The second kappa shape index (κ2) is 7.00. The molecule has 1 fully saturated rings. The molecule has 1 unspecified atom stereocenters. The first-order valence-electron chi connectivity index (χ1n) is 10.7. The van der Waals surface area contributed by atoms with Gasteiger partial charge in [0.25, 0.3) is 0 Å². The van der Waals surface area contributed by atoms with E-state index in [0.29, 0.717) is 17.0 Å². The summed E-state index contributed by atoms with van der Waals surface area (Å²) >= 11 is 0. The zero-order valence-electron chi connectivity index (χ0n) is 17.8. The van der Waals surface area contributed by atoms with E-state index in [2.05, 4.69) is 12.1 Å².